The maximum atomic E-state index is 12.1. The van der Waals surface area contributed by atoms with Gasteiger partial charge >= 0.3 is 0 Å². The lowest BCUT2D eigenvalue weighted by Gasteiger charge is -2.12. The summed E-state index contributed by atoms with van der Waals surface area (Å²) in [7, 11) is 0. The van der Waals surface area contributed by atoms with Gasteiger partial charge in [-0.05, 0) is 59.8 Å². The Labute approximate surface area is 163 Å². The Bertz CT molecular complexity index is 894. The molecule has 1 heterocycles. The zero-order chi connectivity index (χ0) is 18.7. The Kier molecular flexibility index (Phi) is 5.70. The molecule has 2 aromatic rings. The maximum absolute atomic E-state index is 12.1. The van der Waals surface area contributed by atoms with E-state index in [0.717, 1.165) is 15.4 Å². The summed E-state index contributed by atoms with van der Waals surface area (Å²) in [5.41, 5.74) is 0.740. The molecule has 0 aliphatic carbocycles. The van der Waals surface area contributed by atoms with Gasteiger partial charge in [0, 0.05) is 14.8 Å². The Morgan fingerprint density at radius 2 is 1.65 bits per heavy atom. The SMILES string of the molecule is O=C([O-])CN1C(=O)S/C(=C/c2ccc(Sc3ccc(Cl)cc3)cc2)C1=O. The quantitative estimate of drug-likeness (QED) is 0.712. The number of hydrogen-bond donors (Lipinski definition) is 0. The summed E-state index contributed by atoms with van der Waals surface area (Å²) < 4.78 is 0. The van der Waals surface area contributed by atoms with Crippen molar-refractivity contribution >= 4 is 58.3 Å². The van der Waals surface area contributed by atoms with Crippen molar-refractivity contribution in [1.82, 2.24) is 4.90 Å². The van der Waals surface area contributed by atoms with Gasteiger partial charge in [0.05, 0.1) is 17.4 Å². The van der Waals surface area contributed by atoms with Crippen molar-refractivity contribution in [2.45, 2.75) is 9.79 Å². The number of rotatable bonds is 5. The molecule has 2 aromatic carbocycles. The fraction of sp³-hybridized carbons (Fsp3) is 0.0556. The van der Waals surface area contributed by atoms with Gasteiger partial charge in [-0.15, -0.1) is 0 Å². The molecule has 1 aliphatic rings. The molecule has 8 heteroatoms. The van der Waals surface area contributed by atoms with Gasteiger partial charge in [-0.25, -0.2) is 0 Å². The zero-order valence-corrected chi connectivity index (χ0v) is 15.6. The van der Waals surface area contributed by atoms with Gasteiger partial charge in [0.15, 0.2) is 0 Å². The van der Waals surface area contributed by atoms with Crippen LogP contribution in [0.2, 0.25) is 5.02 Å². The highest BCUT2D eigenvalue weighted by atomic mass is 35.5. The van der Waals surface area contributed by atoms with Crippen LogP contribution in [0.5, 0.6) is 0 Å². The second-order valence-electron chi connectivity index (χ2n) is 5.26. The summed E-state index contributed by atoms with van der Waals surface area (Å²) in [4.78, 5) is 37.4. The van der Waals surface area contributed by atoms with Crippen molar-refractivity contribution in [2.75, 3.05) is 6.54 Å². The monoisotopic (exact) mass is 404 g/mol. The zero-order valence-electron chi connectivity index (χ0n) is 13.2. The van der Waals surface area contributed by atoms with Crippen LogP contribution in [0, 0.1) is 0 Å². The number of carbonyl (C=O) groups excluding carboxylic acids is 3. The molecule has 5 nitrogen and oxygen atoms in total. The van der Waals surface area contributed by atoms with Crippen molar-refractivity contribution in [3.8, 4) is 0 Å². The number of thioether (sulfide) groups is 1. The minimum atomic E-state index is -1.47. The van der Waals surface area contributed by atoms with E-state index in [4.69, 9.17) is 11.6 Å². The molecule has 3 rings (SSSR count). The Morgan fingerprint density at radius 3 is 2.23 bits per heavy atom. The number of aliphatic carboxylic acids is 1. The average Bonchev–Trinajstić information content (AvgIpc) is 2.86. The molecule has 0 unspecified atom stereocenters. The van der Waals surface area contributed by atoms with Crippen molar-refractivity contribution in [3.05, 3.63) is 64.0 Å². The summed E-state index contributed by atoms with van der Waals surface area (Å²) in [6.07, 6.45) is 1.57. The van der Waals surface area contributed by atoms with Gasteiger partial charge < -0.3 is 9.90 Å². The number of hydrogen-bond acceptors (Lipinski definition) is 6. The Balaban J connectivity index is 1.71. The molecule has 0 bridgehead atoms. The molecule has 0 atom stereocenters. The number of carboxylic acid groups (broad SMARTS) is 1. The molecule has 26 heavy (non-hydrogen) atoms. The normalized spacial score (nSPS) is 15.7. The third-order valence-corrected chi connectivity index (χ3v) is 5.56. The summed E-state index contributed by atoms with van der Waals surface area (Å²) in [6.45, 7) is -0.737. The minimum Gasteiger partial charge on any atom is -0.548 e. The van der Waals surface area contributed by atoms with Crippen LogP contribution in [0.25, 0.3) is 6.08 Å². The summed E-state index contributed by atoms with van der Waals surface area (Å²) in [6, 6.07) is 14.9. The van der Waals surface area contributed by atoms with E-state index in [0.29, 0.717) is 21.7 Å². The fourth-order valence-corrected chi connectivity index (χ4v) is 3.97. The third-order valence-electron chi connectivity index (χ3n) is 3.39. The predicted molar refractivity (Wildman–Crippen MR) is 99.7 cm³/mol. The van der Waals surface area contributed by atoms with Crippen LogP contribution in [-0.2, 0) is 9.59 Å². The Morgan fingerprint density at radius 1 is 1.08 bits per heavy atom. The number of carboxylic acids is 1. The molecule has 0 spiro atoms. The van der Waals surface area contributed by atoms with Gasteiger partial charge in [-0.3, -0.25) is 14.5 Å². The first-order valence-corrected chi connectivity index (χ1v) is 9.42. The number of amides is 2. The highest BCUT2D eigenvalue weighted by Gasteiger charge is 2.34. The lowest BCUT2D eigenvalue weighted by atomic mass is 10.2. The van der Waals surface area contributed by atoms with Crippen molar-refractivity contribution in [3.63, 3.8) is 0 Å². The predicted octanol–water partition coefficient (Wildman–Crippen LogP) is 3.28. The first-order valence-electron chi connectivity index (χ1n) is 7.41. The lowest BCUT2D eigenvalue weighted by molar-refractivity contribution is -0.305. The summed E-state index contributed by atoms with van der Waals surface area (Å²) in [5.74, 6) is -2.10. The lowest BCUT2D eigenvalue weighted by Crippen LogP contribution is -2.40. The summed E-state index contributed by atoms with van der Waals surface area (Å²) in [5, 5.41) is 10.7. The molecular formula is C18H11ClNO4S2-. The van der Waals surface area contributed by atoms with E-state index in [1.165, 1.54) is 0 Å². The average molecular weight is 405 g/mol. The smallest absolute Gasteiger partial charge is 0.293 e. The number of benzene rings is 2. The van der Waals surface area contributed by atoms with Gasteiger partial charge in [0.2, 0.25) is 0 Å². The van der Waals surface area contributed by atoms with Crippen LogP contribution in [0.1, 0.15) is 5.56 Å². The Hall–Kier alpha value is -2.22. The fourth-order valence-electron chi connectivity index (χ4n) is 2.19. The van der Waals surface area contributed by atoms with E-state index >= 15 is 0 Å². The number of nitrogens with zero attached hydrogens (tertiary/aromatic N) is 1. The van der Waals surface area contributed by atoms with E-state index in [-0.39, 0.29) is 4.91 Å². The van der Waals surface area contributed by atoms with Crippen LogP contribution in [-0.4, -0.2) is 28.6 Å². The van der Waals surface area contributed by atoms with Crippen molar-refractivity contribution in [2.24, 2.45) is 0 Å². The molecule has 0 N–H and O–H groups in total. The van der Waals surface area contributed by atoms with Crippen molar-refractivity contribution < 1.29 is 19.5 Å². The van der Waals surface area contributed by atoms with Gasteiger partial charge in [-0.1, -0.05) is 35.5 Å². The molecule has 0 saturated carbocycles. The molecule has 1 fully saturated rings. The van der Waals surface area contributed by atoms with Crippen LogP contribution in [0.4, 0.5) is 4.79 Å². The van der Waals surface area contributed by atoms with Gasteiger partial charge in [0.25, 0.3) is 11.1 Å². The molecule has 2 amide bonds. The second kappa shape index (κ2) is 7.99. The maximum Gasteiger partial charge on any atom is 0.293 e. The summed E-state index contributed by atoms with van der Waals surface area (Å²) >= 11 is 8.15. The van der Waals surface area contributed by atoms with Gasteiger partial charge in [0.1, 0.15) is 0 Å². The van der Waals surface area contributed by atoms with Crippen LogP contribution in [0.15, 0.2) is 63.2 Å². The molecule has 1 aliphatic heterocycles. The largest absolute Gasteiger partial charge is 0.548 e. The third kappa shape index (κ3) is 4.49. The van der Waals surface area contributed by atoms with E-state index in [1.54, 1.807) is 17.8 Å². The van der Waals surface area contributed by atoms with Gasteiger partial charge in [-0.2, -0.15) is 0 Å². The molecule has 1 saturated heterocycles. The minimum absolute atomic E-state index is 0.189. The molecule has 132 valence electrons. The molecule has 0 aromatic heterocycles. The number of halogens is 1. The standard InChI is InChI=1S/C18H12ClNO4S2/c19-12-3-7-14(8-4-12)25-13-5-1-11(2-6-13)9-15-17(23)20(10-16(21)22)18(24)26-15/h1-9H,10H2,(H,21,22)/p-1/b15-9+. The van der Waals surface area contributed by atoms with E-state index in [1.807, 2.05) is 48.5 Å². The number of imide groups is 1. The molecule has 0 radical (unpaired) electrons. The number of carbonyl (C=O) groups is 3. The second-order valence-corrected chi connectivity index (χ2v) is 7.84. The molecular weight excluding hydrogens is 394 g/mol. The topological polar surface area (TPSA) is 77.5 Å². The van der Waals surface area contributed by atoms with Crippen LogP contribution >= 0.6 is 35.1 Å². The highest BCUT2D eigenvalue weighted by molar-refractivity contribution is 8.18. The van der Waals surface area contributed by atoms with E-state index in [9.17, 15) is 19.5 Å². The van der Waals surface area contributed by atoms with E-state index in [2.05, 4.69) is 0 Å². The van der Waals surface area contributed by atoms with Crippen molar-refractivity contribution in [1.29, 1.82) is 0 Å². The first kappa shape index (κ1) is 18.6. The highest BCUT2D eigenvalue weighted by Crippen LogP contribution is 2.33. The van der Waals surface area contributed by atoms with Crippen LogP contribution < -0.4 is 5.11 Å². The van der Waals surface area contributed by atoms with E-state index < -0.39 is 23.7 Å². The van der Waals surface area contributed by atoms with Crippen LogP contribution in [0.3, 0.4) is 0 Å². The first-order chi connectivity index (χ1) is 12.4.